The SMILES string of the molecule is CN1C(=O)/C(=C\c2ccccc2)SC1=Nc1ccc(C(=O)O)cc1. The van der Waals surface area contributed by atoms with E-state index < -0.39 is 5.97 Å². The van der Waals surface area contributed by atoms with Gasteiger partial charge >= 0.3 is 5.97 Å². The van der Waals surface area contributed by atoms with Crippen molar-refractivity contribution in [3.05, 3.63) is 70.6 Å². The zero-order chi connectivity index (χ0) is 17.1. The van der Waals surface area contributed by atoms with Gasteiger partial charge in [-0.1, -0.05) is 30.3 Å². The van der Waals surface area contributed by atoms with E-state index >= 15 is 0 Å². The van der Waals surface area contributed by atoms with Gasteiger partial charge in [0.05, 0.1) is 16.2 Å². The summed E-state index contributed by atoms with van der Waals surface area (Å²) in [7, 11) is 1.67. The summed E-state index contributed by atoms with van der Waals surface area (Å²) in [6.45, 7) is 0. The molecule has 1 N–H and O–H groups in total. The van der Waals surface area contributed by atoms with Gasteiger partial charge in [0.25, 0.3) is 5.91 Å². The first-order valence-electron chi connectivity index (χ1n) is 7.19. The number of aliphatic imine (C=N–C) groups is 1. The third-order valence-corrected chi connectivity index (χ3v) is 4.50. The van der Waals surface area contributed by atoms with Crippen molar-refractivity contribution >= 4 is 40.6 Å². The molecule has 0 radical (unpaired) electrons. The maximum atomic E-state index is 12.3. The van der Waals surface area contributed by atoms with E-state index in [9.17, 15) is 9.59 Å². The number of thioether (sulfide) groups is 1. The number of carbonyl (C=O) groups excluding carboxylic acids is 1. The van der Waals surface area contributed by atoms with Crippen LogP contribution in [0.3, 0.4) is 0 Å². The predicted molar refractivity (Wildman–Crippen MR) is 95.3 cm³/mol. The Labute approximate surface area is 143 Å². The first-order valence-corrected chi connectivity index (χ1v) is 8.01. The lowest BCUT2D eigenvalue weighted by Gasteiger charge is -2.07. The second kappa shape index (κ2) is 6.72. The van der Waals surface area contributed by atoms with Gasteiger partial charge in [0.2, 0.25) is 0 Å². The first-order chi connectivity index (χ1) is 11.5. The van der Waals surface area contributed by atoms with Crippen molar-refractivity contribution in [3.63, 3.8) is 0 Å². The van der Waals surface area contributed by atoms with Crippen LogP contribution < -0.4 is 0 Å². The smallest absolute Gasteiger partial charge is 0.335 e. The predicted octanol–water partition coefficient (Wildman–Crippen LogP) is 3.62. The quantitative estimate of drug-likeness (QED) is 0.868. The van der Waals surface area contributed by atoms with Gasteiger partial charge < -0.3 is 5.11 Å². The van der Waals surface area contributed by atoms with Crippen LogP contribution >= 0.6 is 11.8 Å². The van der Waals surface area contributed by atoms with E-state index in [2.05, 4.69) is 4.99 Å². The maximum absolute atomic E-state index is 12.3. The summed E-state index contributed by atoms with van der Waals surface area (Å²) in [5.41, 5.74) is 1.75. The van der Waals surface area contributed by atoms with Gasteiger partial charge in [-0.25, -0.2) is 9.79 Å². The fraction of sp³-hybridized carbons (Fsp3) is 0.0556. The van der Waals surface area contributed by atoms with Gasteiger partial charge in [-0.05, 0) is 47.7 Å². The van der Waals surface area contributed by atoms with Crippen molar-refractivity contribution in [3.8, 4) is 0 Å². The van der Waals surface area contributed by atoms with Crippen molar-refractivity contribution in [2.24, 2.45) is 4.99 Å². The fourth-order valence-corrected chi connectivity index (χ4v) is 3.13. The molecule has 1 fully saturated rings. The highest BCUT2D eigenvalue weighted by molar-refractivity contribution is 8.18. The summed E-state index contributed by atoms with van der Waals surface area (Å²) in [6, 6.07) is 15.8. The van der Waals surface area contributed by atoms with E-state index in [-0.39, 0.29) is 11.5 Å². The lowest BCUT2D eigenvalue weighted by atomic mass is 10.2. The molecule has 2 aromatic carbocycles. The molecule has 1 heterocycles. The Morgan fingerprint density at radius 3 is 2.42 bits per heavy atom. The average Bonchev–Trinajstić information content (AvgIpc) is 2.84. The van der Waals surface area contributed by atoms with Crippen LogP contribution in [-0.4, -0.2) is 34.1 Å². The van der Waals surface area contributed by atoms with Crippen LogP contribution in [0.25, 0.3) is 6.08 Å². The first kappa shape index (κ1) is 16.0. The number of amidine groups is 1. The van der Waals surface area contributed by atoms with Crippen molar-refractivity contribution in [2.45, 2.75) is 0 Å². The van der Waals surface area contributed by atoms with Gasteiger partial charge in [-0.3, -0.25) is 9.69 Å². The molecule has 0 saturated carbocycles. The Morgan fingerprint density at radius 2 is 1.79 bits per heavy atom. The maximum Gasteiger partial charge on any atom is 0.335 e. The topological polar surface area (TPSA) is 70.0 Å². The molecule has 0 atom stereocenters. The summed E-state index contributed by atoms with van der Waals surface area (Å²) in [5, 5.41) is 9.47. The zero-order valence-electron chi connectivity index (χ0n) is 12.8. The van der Waals surface area contributed by atoms with Crippen molar-refractivity contribution in [1.82, 2.24) is 4.90 Å². The normalized spacial score (nSPS) is 17.7. The minimum atomic E-state index is -0.982. The summed E-state index contributed by atoms with van der Waals surface area (Å²) < 4.78 is 0. The number of aromatic carboxylic acids is 1. The van der Waals surface area contributed by atoms with Crippen LogP contribution in [0.1, 0.15) is 15.9 Å². The summed E-state index contributed by atoms with van der Waals surface area (Å²) in [5.74, 6) is -1.09. The number of hydrogen-bond acceptors (Lipinski definition) is 4. The second-order valence-electron chi connectivity index (χ2n) is 5.13. The van der Waals surface area contributed by atoms with Crippen molar-refractivity contribution in [1.29, 1.82) is 0 Å². The van der Waals surface area contributed by atoms with E-state index in [1.165, 1.54) is 28.8 Å². The molecule has 0 spiro atoms. The Balaban J connectivity index is 1.86. The molecule has 0 unspecified atom stereocenters. The molecule has 0 aromatic heterocycles. The molecule has 0 bridgehead atoms. The molecule has 120 valence electrons. The Morgan fingerprint density at radius 1 is 1.12 bits per heavy atom. The molecular formula is C18H14N2O3S. The van der Waals surface area contributed by atoms with Gasteiger partial charge in [-0.2, -0.15) is 0 Å². The number of benzene rings is 2. The minimum absolute atomic E-state index is 0.107. The van der Waals surface area contributed by atoms with Gasteiger partial charge in [0.15, 0.2) is 5.17 Å². The molecule has 1 saturated heterocycles. The van der Waals surface area contributed by atoms with Crippen LogP contribution in [0, 0.1) is 0 Å². The van der Waals surface area contributed by atoms with Crippen LogP contribution in [0.2, 0.25) is 0 Å². The molecule has 1 aliphatic rings. The molecule has 0 aliphatic carbocycles. The van der Waals surface area contributed by atoms with E-state index in [1.54, 1.807) is 19.2 Å². The monoisotopic (exact) mass is 338 g/mol. The molecule has 24 heavy (non-hydrogen) atoms. The highest BCUT2D eigenvalue weighted by Gasteiger charge is 2.30. The van der Waals surface area contributed by atoms with E-state index in [1.807, 2.05) is 36.4 Å². The standard InChI is InChI=1S/C18H14N2O3S/c1-20-16(21)15(11-12-5-3-2-4-6-12)24-18(20)19-14-9-7-13(8-10-14)17(22)23/h2-11H,1H3,(H,22,23)/b15-11+,19-18?. The van der Waals surface area contributed by atoms with Crippen molar-refractivity contribution < 1.29 is 14.7 Å². The lowest BCUT2D eigenvalue weighted by Crippen LogP contribution is -2.23. The summed E-state index contributed by atoms with van der Waals surface area (Å²) >= 11 is 1.30. The lowest BCUT2D eigenvalue weighted by molar-refractivity contribution is -0.121. The van der Waals surface area contributed by atoms with Gasteiger partial charge in [0, 0.05) is 7.05 Å². The van der Waals surface area contributed by atoms with E-state index in [0.29, 0.717) is 15.8 Å². The fourth-order valence-electron chi connectivity index (χ4n) is 2.14. The Kier molecular flexibility index (Phi) is 4.48. The summed E-state index contributed by atoms with van der Waals surface area (Å²) in [6.07, 6.45) is 1.83. The van der Waals surface area contributed by atoms with Crippen LogP contribution in [0.15, 0.2) is 64.5 Å². The number of carboxylic acids is 1. The Hall–Kier alpha value is -2.86. The molecular weight excluding hydrogens is 324 g/mol. The number of nitrogens with zero attached hydrogens (tertiary/aromatic N) is 2. The second-order valence-corrected chi connectivity index (χ2v) is 6.14. The van der Waals surface area contributed by atoms with Gasteiger partial charge in [-0.15, -0.1) is 0 Å². The van der Waals surface area contributed by atoms with Crippen LogP contribution in [-0.2, 0) is 4.79 Å². The largest absolute Gasteiger partial charge is 0.478 e. The van der Waals surface area contributed by atoms with E-state index in [4.69, 9.17) is 5.11 Å². The molecule has 5 nitrogen and oxygen atoms in total. The molecule has 3 rings (SSSR count). The molecule has 6 heteroatoms. The van der Waals surface area contributed by atoms with Gasteiger partial charge in [0.1, 0.15) is 0 Å². The zero-order valence-corrected chi connectivity index (χ0v) is 13.7. The average molecular weight is 338 g/mol. The number of rotatable bonds is 3. The minimum Gasteiger partial charge on any atom is -0.478 e. The van der Waals surface area contributed by atoms with Crippen LogP contribution in [0.5, 0.6) is 0 Å². The molecule has 1 amide bonds. The number of carbonyl (C=O) groups is 2. The number of carboxylic acid groups (broad SMARTS) is 1. The number of amides is 1. The highest BCUT2D eigenvalue weighted by atomic mass is 32.2. The van der Waals surface area contributed by atoms with E-state index in [0.717, 1.165) is 5.56 Å². The van der Waals surface area contributed by atoms with Crippen LogP contribution in [0.4, 0.5) is 5.69 Å². The third-order valence-electron chi connectivity index (χ3n) is 3.44. The molecule has 1 aliphatic heterocycles. The highest BCUT2D eigenvalue weighted by Crippen LogP contribution is 2.33. The number of likely N-dealkylation sites (N-methyl/N-ethyl adjacent to an activating group) is 1. The summed E-state index contributed by atoms with van der Waals surface area (Å²) in [4.78, 5) is 29.7. The number of hydrogen-bond donors (Lipinski definition) is 1. The third kappa shape index (κ3) is 3.38. The molecule has 2 aromatic rings. The Bertz CT molecular complexity index is 842. The van der Waals surface area contributed by atoms with Crippen molar-refractivity contribution in [2.75, 3.05) is 7.05 Å².